The van der Waals surface area contributed by atoms with E-state index in [9.17, 15) is 4.79 Å². The molecule has 3 rings (SSSR count). The molecule has 1 fully saturated rings. The molecule has 1 aliphatic rings. The Morgan fingerprint density at radius 1 is 1.21 bits per heavy atom. The molecule has 0 unspecified atom stereocenters. The van der Waals surface area contributed by atoms with Crippen LogP contribution < -0.4 is 4.90 Å². The lowest BCUT2D eigenvalue weighted by atomic mass is 10.1. The number of aromatic nitrogens is 2. The number of nitrogens with zero attached hydrogens (tertiary/aromatic N) is 3. The lowest BCUT2D eigenvalue weighted by Gasteiger charge is -2.36. The van der Waals surface area contributed by atoms with Gasteiger partial charge in [-0.05, 0) is 31.7 Å². The fourth-order valence-electron chi connectivity index (χ4n) is 3.24. The second kappa shape index (κ2) is 7.30. The van der Waals surface area contributed by atoms with Gasteiger partial charge in [0.15, 0.2) is 0 Å². The molecule has 1 N–H and O–H groups in total. The van der Waals surface area contributed by atoms with E-state index in [0.717, 1.165) is 53.8 Å². The van der Waals surface area contributed by atoms with Gasteiger partial charge in [0.05, 0.1) is 22.6 Å². The first kappa shape index (κ1) is 16.9. The first-order chi connectivity index (χ1) is 11.6. The van der Waals surface area contributed by atoms with Gasteiger partial charge in [-0.15, -0.1) is 11.8 Å². The van der Waals surface area contributed by atoms with Crippen molar-refractivity contribution in [3.63, 3.8) is 0 Å². The minimum absolute atomic E-state index is 0.145. The minimum Gasteiger partial charge on any atom is -0.365 e. The summed E-state index contributed by atoms with van der Waals surface area (Å²) in [4.78, 5) is 18.3. The zero-order valence-corrected chi connectivity index (χ0v) is 15.3. The lowest BCUT2D eigenvalue weighted by Crippen LogP contribution is -2.49. The fraction of sp³-hybridized carbons (Fsp3) is 0.444. The molecule has 1 saturated heterocycles. The molecule has 0 atom stereocenters. The summed E-state index contributed by atoms with van der Waals surface area (Å²) in [5.41, 5.74) is 4.13. The van der Waals surface area contributed by atoms with Crippen LogP contribution in [-0.4, -0.2) is 52.9 Å². The van der Waals surface area contributed by atoms with E-state index in [-0.39, 0.29) is 5.91 Å². The van der Waals surface area contributed by atoms with Gasteiger partial charge in [0, 0.05) is 31.1 Å². The average molecular weight is 344 g/mol. The monoisotopic (exact) mass is 344 g/mol. The van der Waals surface area contributed by atoms with Crippen LogP contribution >= 0.6 is 11.8 Å². The van der Waals surface area contributed by atoms with Crippen molar-refractivity contribution in [2.75, 3.05) is 36.8 Å². The predicted molar refractivity (Wildman–Crippen MR) is 99.0 cm³/mol. The van der Waals surface area contributed by atoms with E-state index in [1.165, 1.54) is 5.69 Å². The van der Waals surface area contributed by atoms with Crippen molar-refractivity contribution in [1.82, 2.24) is 15.1 Å². The molecular weight excluding hydrogens is 320 g/mol. The maximum atomic E-state index is 12.9. The number of benzene rings is 1. The smallest absolute Gasteiger partial charge is 0.255 e. The van der Waals surface area contributed by atoms with Gasteiger partial charge in [0.2, 0.25) is 0 Å². The average Bonchev–Trinajstić information content (AvgIpc) is 2.94. The number of hydrogen-bond acceptors (Lipinski definition) is 4. The maximum absolute atomic E-state index is 12.9. The van der Waals surface area contributed by atoms with Crippen LogP contribution in [0.1, 0.15) is 28.7 Å². The molecule has 0 radical (unpaired) electrons. The SMILES string of the molecule is CCSc1ccccc1C(=O)N1CCN(c2c(C)n[nH]c2C)CC1. The summed E-state index contributed by atoms with van der Waals surface area (Å²) in [5, 5.41) is 7.32. The molecule has 2 heterocycles. The second-order valence-electron chi connectivity index (χ2n) is 5.99. The number of aryl methyl sites for hydroxylation is 2. The first-order valence-corrected chi connectivity index (χ1v) is 9.38. The van der Waals surface area contributed by atoms with Crippen LogP contribution in [0.25, 0.3) is 0 Å². The van der Waals surface area contributed by atoms with E-state index in [0.29, 0.717) is 0 Å². The molecular formula is C18H24N4OS. The number of anilines is 1. The van der Waals surface area contributed by atoms with E-state index in [1.54, 1.807) is 11.8 Å². The number of hydrogen-bond donors (Lipinski definition) is 1. The quantitative estimate of drug-likeness (QED) is 0.866. The number of piperazine rings is 1. The van der Waals surface area contributed by atoms with Gasteiger partial charge in [-0.25, -0.2) is 0 Å². The highest BCUT2D eigenvalue weighted by Crippen LogP contribution is 2.26. The molecule has 5 nitrogen and oxygen atoms in total. The Bertz CT molecular complexity index is 700. The van der Waals surface area contributed by atoms with Gasteiger partial charge in [-0.3, -0.25) is 9.89 Å². The number of H-pyrrole nitrogens is 1. The van der Waals surface area contributed by atoms with Crippen molar-refractivity contribution in [1.29, 1.82) is 0 Å². The van der Waals surface area contributed by atoms with Crippen LogP contribution in [-0.2, 0) is 0 Å². The molecule has 1 amide bonds. The fourth-order valence-corrected chi connectivity index (χ4v) is 4.04. The molecule has 0 saturated carbocycles. The summed E-state index contributed by atoms with van der Waals surface area (Å²) < 4.78 is 0. The number of carbonyl (C=O) groups is 1. The highest BCUT2D eigenvalue weighted by Gasteiger charge is 2.25. The summed E-state index contributed by atoms with van der Waals surface area (Å²) in [7, 11) is 0. The van der Waals surface area contributed by atoms with E-state index in [4.69, 9.17) is 0 Å². The summed E-state index contributed by atoms with van der Waals surface area (Å²) >= 11 is 1.73. The minimum atomic E-state index is 0.145. The first-order valence-electron chi connectivity index (χ1n) is 8.39. The summed E-state index contributed by atoms with van der Waals surface area (Å²) in [6.07, 6.45) is 0. The maximum Gasteiger partial charge on any atom is 0.255 e. The Morgan fingerprint density at radius 2 is 1.92 bits per heavy atom. The molecule has 1 aromatic heterocycles. The van der Waals surface area contributed by atoms with Crippen molar-refractivity contribution >= 4 is 23.4 Å². The van der Waals surface area contributed by atoms with E-state index in [1.807, 2.05) is 43.0 Å². The van der Waals surface area contributed by atoms with Gasteiger partial charge in [0.1, 0.15) is 0 Å². The third-order valence-electron chi connectivity index (χ3n) is 4.39. The van der Waals surface area contributed by atoms with Crippen molar-refractivity contribution in [3.8, 4) is 0 Å². The topological polar surface area (TPSA) is 52.2 Å². The number of carbonyl (C=O) groups excluding carboxylic acids is 1. The molecule has 128 valence electrons. The standard InChI is InChI=1S/C18H24N4OS/c1-4-24-16-8-6-5-7-15(16)18(23)22-11-9-21(10-12-22)17-13(2)19-20-14(17)3/h5-8H,4,9-12H2,1-3H3,(H,19,20). The third-order valence-corrected chi connectivity index (χ3v) is 5.35. The number of amides is 1. The molecule has 0 spiro atoms. The number of thioether (sulfide) groups is 1. The third kappa shape index (κ3) is 3.29. The number of nitrogens with one attached hydrogen (secondary N) is 1. The highest BCUT2D eigenvalue weighted by molar-refractivity contribution is 7.99. The Labute approximate surface area is 147 Å². The summed E-state index contributed by atoms with van der Waals surface area (Å²) in [6, 6.07) is 7.92. The normalized spacial score (nSPS) is 15.0. The van der Waals surface area contributed by atoms with Crippen molar-refractivity contribution < 1.29 is 4.79 Å². The van der Waals surface area contributed by atoms with Crippen LogP contribution in [0.15, 0.2) is 29.2 Å². The predicted octanol–water partition coefficient (Wildman–Crippen LogP) is 3.10. The largest absolute Gasteiger partial charge is 0.365 e. The van der Waals surface area contributed by atoms with Gasteiger partial charge < -0.3 is 9.80 Å². The van der Waals surface area contributed by atoms with Crippen molar-refractivity contribution in [2.45, 2.75) is 25.7 Å². The molecule has 24 heavy (non-hydrogen) atoms. The molecule has 6 heteroatoms. The van der Waals surface area contributed by atoms with Crippen LogP contribution in [0.5, 0.6) is 0 Å². The van der Waals surface area contributed by atoms with Crippen LogP contribution in [0, 0.1) is 13.8 Å². The van der Waals surface area contributed by atoms with Gasteiger partial charge >= 0.3 is 0 Å². The van der Waals surface area contributed by atoms with Crippen LogP contribution in [0.3, 0.4) is 0 Å². The van der Waals surface area contributed by atoms with Gasteiger partial charge in [-0.1, -0.05) is 19.1 Å². The Morgan fingerprint density at radius 3 is 2.54 bits per heavy atom. The Hall–Kier alpha value is -1.95. The molecule has 0 bridgehead atoms. The van der Waals surface area contributed by atoms with Crippen molar-refractivity contribution in [3.05, 3.63) is 41.2 Å². The van der Waals surface area contributed by atoms with Crippen LogP contribution in [0.2, 0.25) is 0 Å². The second-order valence-corrected chi connectivity index (χ2v) is 7.30. The lowest BCUT2D eigenvalue weighted by molar-refractivity contribution is 0.0743. The molecule has 2 aromatic rings. The van der Waals surface area contributed by atoms with E-state index < -0.39 is 0 Å². The summed E-state index contributed by atoms with van der Waals surface area (Å²) in [5.74, 6) is 1.11. The van der Waals surface area contributed by atoms with Crippen molar-refractivity contribution in [2.24, 2.45) is 0 Å². The number of aromatic amines is 1. The van der Waals surface area contributed by atoms with E-state index in [2.05, 4.69) is 22.0 Å². The Balaban J connectivity index is 1.70. The highest BCUT2D eigenvalue weighted by atomic mass is 32.2. The zero-order valence-electron chi connectivity index (χ0n) is 14.5. The molecule has 1 aliphatic heterocycles. The number of rotatable bonds is 4. The van der Waals surface area contributed by atoms with E-state index >= 15 is 0 Å². The van der Waals surface area contributed by atoms with Gasteiger partial charge in [0.25, 0.3) is 5.91 Å². The Kier molecular flexibility index (Phi) is 5.14. The van der Waals surface area contributed by atoms with Gasteiger partial charge in [-0.2, -0.15) is 5.10 Å². The van der Waals surface area contributed by atoms with Crippen LogP contribution in [0.4, 0.5) is 5.69 Å². The summed E-state index contributed by atoms with van der Waals surface area (Å²) in [6.45, 7) is 9.36. The zero-order chi connectivity index (χ0) is 17.1. The molecule has 1 aromatic carbocycles. The molecule has 0 aliphatic carbocycles.